The fraction of sp³-hybridized carbons (Fsp3) is 0.455. The topological polar surface area (TPSA) is 0 Å². The molecule has 0 aromatic heterocycles. The molecule has 0 saturated carbocycles. The zero-order chi connectivity index (χ0) is 9.05. The van der Waals surface area contributed by atoms with Crippen LogP contribution in [0, 0.1) is 0 Å². The standard InChI is InChI=1S/C11H13ClN/c1-13-4-2-8-6-10(12)7-9(3-5-13)11(8)13/h6-7H,2-5H2,1H3/q+1. The van der Waals surface area contributed by atoms with Gasteiger partial charge in [-0.2, -0.15) is 0 Å². The van der Waals surface area contributed by atoms with E-state index in [0.29, 0.717) is 0 Å². The van der Waals surface area contributed by atoms with Crippen molar-refractivity contribution >= 4 is 17.3 Å². The molecule has 0 bridgehead atoms. The summed E-state index contributed by atoms with van der Waals surface area (Å²) in [6.07, 6.45) is 2.42. The van der Waals surface area contributed by atoms with E-state index in [0.717, 1.165) is 9.51 Å². The molecule has 0 saturated heterocycles. The van der Waals surface area contributed by atoms with Crippen LogP contribution in [-0.4, -0.2) is 20.1 Å². The summed E-state index contributed by atoms with van der Waals surface area (Å²) in [5, 5.41) is 0.920. The summed E-state index contributed by atoms with van der Waals surface area (Å²) >= 11 is 6.06. The van der Waals surface area contributed by atoms with Crippen LogP contribution in [0.4, 0.5) is 5.69 Å². The summed E-state index contributed by atoms with van der Waals surface area (Å²) in [5.41, 5.74) is 4.55. The first-order chi connectivity index (χ1) is 6.19. The molecular weight excluding hydrogens is 182 g/mol. The summed E-state index contributed by atoms with van der Waals surface area (Å²) in [5.74, 6) is 0. The van der Waals surface area contributed by atoms with Crippen molar-refractivity contribution in [2.75, 3.05) is 20.1 Å². The van der Waals surface area contributed by atoms with Gasteiger partial charge in [0.1, 0.15) is 5.69 Å². The highest BCUT2D eigenvalue weighted by Gasteiger charge is 2.41. The van der Waals surface area contributed by atoms with Crippen LogP contribution < -0.4 is 4.48 Å². The molecule has 1 aromatic carbocycles. The van der Waals surface area contributed by atoms with Gasteiger partial charge in [-0.25, -0.2) is 0 Å². The number of halogens is 1. The maximum atomic E-state index is 6.06. The highest BCUT2D eigenvalue weighted by Crippen LogP contribution is 2.43. The van der Waals surface area contributed by atoms with Crippen molar-refractivity contribution in [1.82, 2.24) is 4.48 Å². The number of quaternary nitrogens is 1. The monoisotopic (exact) mass is 194 g/mol. The molecule has 0 unspecified atom stereocenters. The van der Waals surface area contributed by atoms with Gasteiger partial charge < -0.3 is 0 Å². The van der Waals surface area contributed by atoms with Crippen molar-refractivity contribution in [3.63, 3.8) is 0 Å². The average molecular weight is 195 g/mol. The second-order valence-electron chi connectivity index (χ2n) is 4.42. The second-order valence-corrected chi connectivity index (χ2v) is 4.85. The third kappa shape index (κ3) is 0.918. The summed E-state index contributed by atoms with van der Waals surface area (Å²) in [7, 11) is 2.34. The lowest BCUT2D eigenvalue weighted by atomic mass is 10.1. The molecule has 2 aliphatic heterocycles. The predicted octanol–water partition coefficient (Wildman–Crippen LogP) is 2.39. The molecule has 1 aromatic rings. The molecule has 68 valence electrons. The van der Waals surface area contributed by atoms with E-state index in [2.05, 4.69) is 19.2 Å². The Morgan fingerprint density at radius 1 is 1.15 bits per heavy atom. The third-order valence-electron chi connectivity index (χ3n) is 3.52. The van der Waals surface area contributed by atoms with Crippen molar-refractivity contribution in [1.29, 1.82) is 0 Å². The van der Waals surface area contributed by atoms with E-state index in [-0.39, 0.29) is 0 Å². The molecule has 0 spiro atoms. The summed E-state index contributed by atoms with van der Waals surface area (Å²) in [6.45, 7) is 2.53. The van der Waals surface area contributed by atoms with Gasteiger partial charge in [0, 0.05) is 29.0 Å². The Kier molecular flexibility index (Phi) is 1.38. The van der Waals surface area contributed by atoms with Crippen LogP contribution >= 0.6 is 11.6 Å². The lowest BCUT2D eigenvalue weighted by molar-refractivity contribution is 0.385. The van der Waals surface area contributed by atoms with Crippen LogP contribution in [0.1, 0.15) is 11.1 Å². The van der Waals surface area contributed by atoms with Crippen LogP contribution in [0.15, 0.2) is 12.1 Å². The maximum Gasteiger partial charge on any atom is 0.139 e. The first kappa shape index (κ1) is 7.84. The van der Waals surface area contributed by atoms with Crippen LogP contribution in [0.25, 0.3) is 0 Å². The van der Waals surface area contributed by atoms with Crippen LogP contribution in [0.2, 0.25) is 5.02 Å². The Bertz CT molecular complexity index is 355. The van der Waals surface area contributed by atoms with E-state index in [4.69, 9.17) is 11.6 Å². The largest absolute Gasteiger partial charge is 0.292 e. The van der Waals surface area contributed by atoms with Crippen LogP contribution in [0.5, 0.6) is 0 Å². The van der Waals surface area contributed by atoms with Gasteiger partial charge in [-0.05, 0) is 12.1 Å². The van der Waals surface area contributed by atoms with Gasteiger partial charge >= 0.3 is 0 Å². The summed E-state index contributed by atoms with van der Waals surface area (Å²) < 4.78 is 1.15. The molecule has 2 heteroatoms. The fourth-order valence-corrected chi connectivity index (χ4v) is 3.13. The molecule has 0 aliphatic carbocycles. The minimum Gasteiger partial charge on any atom is -0.292 e. The molecule has 0 amide bonds. The normalized spacial score (nSPS) is 22.0. The first-order valence-corrected chi connectivity index (χ1v) is 5.23. The number of benzene rings is 1. The molecule has 2 heterocycles. The van der Waals surface area contributed by atoms with Gasteiger partial charge in [0.05, 0.1) is 20.1 Å². The van der Waals surface area contributed by atoms with Gasteiger partial charge in [0.2, 0.25) is 0 Å². The maximum absolute atomic E-state index is 6.06. The van der Waals surface area contributed by atoms with Crippen molar-refractivity contribution in [2.24, 2.45) is 0 Å². The lowest BCUT2D eigenvalue weighted by Crippen LogP contribution is -2.41. The number of nitrogens with zero attached hydrogens (tertiary/aromatic N) is 1. The zero-order valence-corrected chi connectivity index (χ0v) is 8.56. The Morgan fingerprint density at radius 2 is 1.69 bits per heavy atom. The van der Waals surface area contributed by atoms with E-state index in [9.17, 15) is 0 Å². The van der Waals surface area contributed by atoms with Crippen LogP contribution in [-0.2, 0) is 12.8 Å². The SMILES string of the molecule is C[N+]12CCc3cc(Cl)cc(c31)CC2. The van der Waals surface area contributed by atoms with Gasteiger partial charge in [0.25, 0.3) is 0 Å². The van der Waals surface area contributed by atoms with Crippen molar-refractivity contribution < 1.29 is 0 Å². The van der Waals surface area contributed by atoms with Gasteiger partial charge in [-0.15, -0.1) is 0 Å². The van der Waals surface area contributed by atoms with Crippen molar-refractivity contribution in [3.8, 4) is 0 Å². The summed E-state index contributed by atoms with van der Waals surface area (Å²) in [6, 6.07) is 4.30. The number of hydrogen-bond donors (Lipinski definition) is 0. The van der Waals surface area contributed by atoms with Crippen molar-refractivity contribution in [2.45, 2.75) is 12.8 Å². The highest BCUT2D eigenvalue weighted by atomic mass is 35.5. The Balaban J connectivity index is 2.32. The van der Waals surface area contributed by atoms with E-state index in [1.165, 1.54) is 37.1 Å². The molecule has 2 aliphatic rings. The molecule has 0 radical (unpaired) electrons. The van der Waals surface area contributed by atoms with E-state index < -0.39 is 0 Å². The average Bonchev–Trinajstić information content (AvgIpc) is 2.56. The van der Waals surface area contributed by atoms with E-state index in [1.807, 2.05) is 0 Å². The minimum absolute atomic E-state index is 0.920. The quantitative estimate of drug-likeness (QED) is 0.557. The Morgan fingerprint density at radius 3 is 2.23 bits per heavy atom. The zero-order valence-electron chi connectivity index (χ0n) is 7.81. The summed E-state index contributed by atoms with van der Waals surface area (Å²) in [4.78, 5) is 0. The third-order valence-corrected chi connectivity index (χ3v) is 3.74. The van der Waals surface area contributed by atoms with Gasteiger partial charge in [0.15, 0.2) is 0 Å². The fourth-order valence-electron chi connectivity index (χ4n) is 2.86. The predicted molar refractivity (Wildman–Crippen MR) is 56.3 cm³/mol. The lowest BCUT2D eigenvalue weighted by Gasteiger charge is -2.24. The number of rotatable bonds is 0. The highest BCUT2D eigenvalue weighted by molar-refractivity contribution is 6.30. The molecule has 13 heavy (non-hydrogen) atoms. The van der Waals surface area contributed by atoms with Crippen LogP contribution in [0.3, 0.4) is 0 Å². The molecule has 3 rings (SSSR count). The molecule has 0 atom stereocenters. The van der Waals surface area contributed by atoms with E-state index >= 15 is 0 Å². The Labute approximate surface area is 83.5 Å². The molecule has 0 N–H and O–H groups in total. The second kappa shape index (κ2) is 2.28. The number of likely N-dealkylation sites (N-methyl/N-ethyl adjacent to an activating group) is 1. The molecule has 1 nitrogen and oxygen atoms in total. The Hall–Kier alpha value is -0.530. The van der Waals surface area contributed by atoms with E-state index in [1.54, 1.807) is 5.69 Å². The molecule has 0 fully saturated rings. The van der Waals surface area contributed by atoms with Gasteiger partial charge in [-0.1, -0.05) is 11.6 Å². The first-order valence-electron chi connectivity index (χ1n) is 4.85. The van der Waals surface area contributed by atoms with Crippen molar-refractivity contribution in [3.05, 3.63) is 28.3 Å². The smallest absolute Gasteiger partial charge is 0.139 e. The molecular formula is C11H13ClN+. The van der Waals surface area contributed by atoms with Gasteiger partial charge in [-0.3, -0.25) is 4.48 Å². The minimum atomic E-state index is 0.920. The number of hydrogen-bond acceptors (Lipinski definition) is 0.